The summed E-state index contributed by atoms with van der Waals surface area (Å²) in [7, 11) is -11.2. The second-order valence-electron chi connectivity index (χ2n) is 8.19. The van der Waals surface area contributed by atoms with Crippen LogP contribution in [0.3, 0.4) is 0 Å². The first-order valence-corrected chi connectivity index (χ1v) is 15.9. The molecule has 0 saturated carbocycles. The average Bonchev–Trinajstić information content (AvgIpc) is 2.83. The van der Waals surface area contributed by atoms with Crippen LogP contribution in [-0.2, 0) is 44.5 Å². The van der Waals surface area contributed by atoms with Crippen molar-refractivity contribution in [3.63, 3.8) is 0 Å². The van der Waals surface area contributed by atoms with Crippen LogP contribution in [0, 0.1) is 0 Å². The molecule has 0 unspecified atom stereocenters. The van der Waals surface area contributed by atoms with Gasteiger partial charge < -0.3 is 17.2 Å². The summed E-state index contributed by atoms with van der Waals surface area (Å²) in [5.74, 6) is -1.87. The van der Waals surface area contributed by atoms with Crippen molar-refractivity contribution >= 4 is 82.2 Å². The third-order valence-corrected chi connectivity index (χ3v) is 8.75. The van der Waals surface area contributed by atoms with Crippen molar-refractivity contribution < 1.29 is 39.6 Å². The fourth-order valence-corrected chi connectivity index (χ4v) is 5.66. The predicted octanol–water partition coefficient (Wildman–Crippen LogP) is -0.1000. The van der Waals surface area contributed by atoms with Crippen molar-refractivity contribution in [3.05, 3.63) is 72.8 Å². The largest absolute Gasteiger partial charge is 0.399 e. The second kappa shape index (κ2) is 16.5. The fourth-order valence-electron chi connectivity index (χ4n) is 2.69. The Kier molecular flexibility index (Phi) is 14.9. The van der Waals surface area contributed by atoms with Crippen molar-refractivity contribution in [1.82, 2.24) is 14.2 Å². The predicted molar refractivity (Wildman–Crippen MR) is 161 cm³/mol. The van der Waals surface area contributed by atoms with E-state index in [-0.39, 0.29) is 32.0 Å². The van der Waals surface area contributed by atoms with Gasteiger partial charge in [0.2, 0.25) is 17.7 Å². The minimum atomic E-state index is -3.73. The van der Waals surface area contributed by atoms with E-state index in [0.29, 0.717) is 17.1 Å². The molecule has 0 aliphatic carbocycles. The Labute approximate surface area is 260 Å². The zero-order valence-electron chi connectivity index (χ0n) is 23.1. The summed E-state index contributed by atoms with van der Waals surface area (Å²) in [5, 5.41) is 0. The maximum atomic E-state index is 11.4. The molecule has 0 aromatic heterocycles. The zero-order valence-corrected chi connectivity index (χ0v) is 26.7. The lowest BCUT2D eigenvalue weighted by atomic mass is 10.3. The molecule has 3 radical (unpaired) electrons. The lowest BCUT2D eigenvalue weighted by Gasteiger charge is -2.04. The molecule has 43 heavy (non-hydrogen) atoms. The van der Waals surface area contributed by atoms with E-state index in [1.54, 1.807) is 0 Å². The number of hydrogen-bond acceptors (Lipinski definition) is 12. The van der Waals surface area contributed by atoms with Crippen LogP contribution in [0.1, 0.15) is 20.8 Å². The molecule has 3 aromatic rings. The number of sulfonamides is 3. The molecule has 15 nitrogen and oxygen atoms in total. The summed E-state index contributed by atoms with van der Waals surface area (Å²) in [4.78, 5) is 31.8. The number of carbonyl (C=O) groups excluding carboxylic acids is 3. The summed E-state index contributed by atoms with van der Waals surface area (Å²) in [5.41, 5.74) is 17.6. The number of benzene rings is 3. The smallest absolute Gasteiger partial charge is 0.264 e. The van der Waals surface area contributed by atoms with Gasteiger partial charge in [0.15, 0.2) is 0 Å². The lowest BCUT2D eigenvalue weighted by molar-refractivity contribution is -0.118. The molecule has 0 saturated heterocycles. The third-order valence-electron chi connectivity index (χ3n) is 4.41. The Hall–Kier alpha value is -4.15. The van der Waals surface area contributed by atoms with E-state index in [0.717, 1.165) is 20.8 Å². The van der Waals surface area contributed by atoms with Crippen molar-refractivity contribution in [3.8, 4) is 0 Å². The first kappa shape index (κ1) is 38.9. The molecule has 3 rings (SSSR count). The molecule has 3 aromatic carbocycles. The van der Waals surface area contributed by atoms with E-state index in [4.69, 9.17) is 17.2 Å². The molecule has 0 fully saturated rings. The number of nitrogens with one attached hydrogen (secondary N) is 3. The average molecular weight is 670 g/mol. The van der Waals surface area contributed by atoms with Crippen LogP contribution in [0.25, 0.3) is 0 Å². The maximum absolute atomic E-state index is 11.4. The van der Waals surface area contributed by atoms with E-state index in [1.165, 1.54) is 72.8 Å². The van der Waals surface area contributed by atoms with Crippen molar-refractivity contribution in [1.29, 1.82) is 0 Å². The molecule has 0 spiro atoms. The van der Waals surface area contributed by atoms with Crippen LogP contribution in [-0.4, -0.2) is 60.3 Å². The van der Waals surface area contributed by atoms with Gasteiger partial charge in [0.1, 0.15) is 0 Å². The number of anilines is 3. The van der Waals surface area contributed by atoms with Crippen molar-refractivity contribution in [2.45, 2.75) is 35.5 Å². The second-order valence-corrected chi connectivity index (χ2v) is 13.2. The number of nitrogens with two attached hydrogens (primary N) is 3. The van der Waals surface area contributed by atoms with Gasteiger partial charge >= 0.3 is 0 Å². The molecule has 19 heteroatoms. The molecule has 231 valence electrons. The van der Waals surface area contributed by atoms with Crippen molar-refractivity contribution in [2.24, 2.45) is 0 Å². The zero-order chi connectivity index (χ0) is 32.3. The molecule has 0 heterocycles. The van der Waals surface area contributed by atoms with Gasteiger partial charge in [-0.05, 0) is 72.8 Å². The topological polar surface area (TPSA) is 268 Å². The Morgan fingerprint density at radius 3 is 0.744 bits per heavy atom. The highest BCUT2D eigenvalue weighted by Gasteiger charge is 2.16. The van der Waals surface area contributed by atoms with Gasteiger partial charge in [0.05, 0.1) is 14.7 Å². The Bertz CT molecular complexity index is 1520. The standard InChI is InChI=1S/3C8H10N2O3S.Al/c3*1-6(11)10-14(12,13)8-4-2-7(9)3-5-8;/h3*2-5H,9H2,1H3,(H,10,11);. The molecule has 0 aliphatic rings. The SMILES string of the molecule is CC(=O)NS(=O)(=O)c1ccc(N)cc1.CC(=O)NS(=O)(=O)c1ccc(N)cc1.CC(=O)NS(=O)(=O)c1ccc(N)cc1.[Al]. The van der Waals surface area contributed by atoms with Crippen LogP contribution in [0.15, 0.2) is 87.5 Å². The Balaban J connectivity index is 0.000000608. The molecule has 0 aliphatic heterocycles. The van der Waals surface area contributed by atoms with Gasteiger partial charge in [0, 0.05) is 55.2 Å². The van der Waals surface area contributed by atoms with Crippen LogP contribution < -0.4 is 31.4 Å². The number of hydrogen-bond donors (Lipinski definition) is 6. The summed E-state index contributed by atoms with van der Waals surface area (Å²) < 4.78 is 73.8. The summed E-state index contributed by atoms with van der Waals surface area (Å²) in [6.45, 7) is 3.40. The van der Waals surface area contributed by atoms with Gasteiger partial charge in [-0.3, -0.25) is 14.4 Å². The van der Waals surface area contributed by atoms with Gasteiger partial charge in [-0.1, -0.05) is 0 Å². The van der Waals surface area contributed by atoms with Crippen LogP contribution in [0.4, 0.5) is 17.1 Å². The quantitative estimate of drug-likeness (QED) is 0.148. The van der Waals surface area contributed by atoms with E-state index in [2.05, 4.69) is 0 Å². The summed E-state index contributed by atoms with van der Waals surface area (Å²) in [6, 6.07) is 16.7. The van der Waals surface area contributed by atoms with E-state index in [9.17, 15) is 39.6 Å². The molecule has 0 bridgehead atoms. The first-order chi connectivity index (χ1) is 19.2. The van der Waals surface area contributed by atoms with Crippen LogP contribution >= 0.6 is 0 Å². The van der Waals surface area contributed by atoms with Gasteiger partial charge in [-0.15, -0.1) is 0 Å². The highest BCUT2D eigenvalue weighted by molar-refractivity contribution is 7.90. The number of nitrogen functional groups attached to an aromatic ring is 3. The fraction of sp³-hybridized carbons (Fsp3) is 0.125. The minimum absolute atomic E-state index is 0. The van der Waals surface area contributed by atoms with E-state index >= 15 is 0 Å². The summed E-state index contributed by atoms with van der Waals surface area (Å²) >= 11 is 0. The summed E-state index contributed by atoms with van der Waals surface area (Å²) in [6.07, 6.45) is 0. The van der Waals surface area contributed by atoms with Gasteiger partial charge in [-0.2, -0.15) is 0 Å². The monoisotopic (exact) mass is 669 g/mol. The van der Waals surface area contributed by atoms with E-state index in [1.807, 2.05) is 14.2 Å². The lowest BCUT2D eigenvalue weighted by Crippen LogP contribution is -2.28. The number of carbonyl (C=O) groups is 3. The Morgan fingerprint density at radius 1 is 0.442 bits per heavy atom. The highest BCUT2D eigenvalue weighted by Crippen LogP contribution is 2.12. The normalized spacial score (nSPS) is 10.7. The van der Waals surface area contributed by atoms with Gasteiger partial charge in [-0.25, -0.2) is 39.4 Å². The van der Waals surface area contributed by atoms with Crippen LogP contribution in [0.5, 0.6) is 0 Å². The maximum Gasteiger partial charge on any atom is 0.264 e. The van der Waals surface area contributed by atoms with E-state index < -0.39 is 47.8 Å². The van der Waals surface area contributed by atoms with Gasteiger partial charge in [0.25, 0.3) is 30.1 Å². The molecular formula is C24H30AlN6O9S3. The first-order valence-electron chi connectivity index (χ1n) is 11.4. The minimum Gasteiger partial charge on any atom is -0.399 e. The third kappa shape index (κ3) is 14.0. The van der Waals surface area contributed by atoms with Crippen molar-refractivity contribution in [2.75, 3.05) is 17.2 Å². The molecule has 0 atom stereocenters. The molecular weight excluding hydrogens is 639 g/mol. The molecule has 9 N–H and O–H groups in total. The molecule has 3 amide bonds. The number of amides is 3. The number of rotatable bonds is 6. The highest BCUT2D eigenvalue weighted by atomic mass is 32.2. The Morgan fingerprint density at radius 2 is 0.605 bits per heavy atom. The van der Waals surface area contributed by atoms with Crippen LogP contribution in [0.2, 0.25) is 0 Å².